The van der Waals surface area contributed by atoms with Gasteiger partial charge in [0.2, 0.25) is 5.91 Å². The maximum absolute atomic E-state index is 12.3. The van der Waals surface area contributed by atoms with Crippen molar-refractivity contribution in [1.82, 2.24) is 25.4 Å². The summed E-state index contributed by atoms with van der Waals surface area (Å²) in [5, 5.41) is 11.0. The second kappa shape index (κ2) is 7.09. The molecule has 2 fully saturated rings. The van der Waals surface area contributed by atoms with Gasteiger partial charge in [0.1, 0.15) is 11.0 Å². The van der Waals surface area contributed by atoms with Gasteiger partial charge in [-0.05, 0) is 53.8 Å². The number of likely N-dealkylation sites (N-methyl/N-ethyl adjacent to an activating group) is 1. The highest BCUT2D eigenvalue weighted by molar-refractivity contribution is 5.77. The van der Waals surface area contributed by atoms with Gasteiger partial charge in [-0.15, -0.1) is 0 Å². The zero-order valence-electron chi connectivity index (χ0n) is 14.6. The molecule has 7 heteroatoms. The number of carbonyl (C=O) groups is 1. The molecule has 0 spiro atoms. The van der Waals surface area contributed by atoms with Gasteiger partial charge >= 0.3 is 0 Å². The number of nitrogens with one attached hydrogen (secondary N) is 1. The van der Waals surface area contributed by atoms with Gasteiger partial charge in [-0.2, -0.15) is 0 Å². The summed E-state index contributed by atoms with van der Waals surface area (Å²) in [5.74, 6) is 0.912. The third-order valence-corrected chi connectivity index (χ3v) is 5.55. The average molecular weight is 343 g/mol. The van der Waals surface area contributed by atoms with Crippen molar-refractivity contribution in [1.29, 1.82) is 0 Å². The molecule has 4 rings (SSSR count). The zero-order valence-corrected chi connectivity index (χ0v) is 14.6. The molecule has 0 aliphatic carbocycles. The maximum Gasteiger partial charge on any atom is 0.222 e. The summed E-state index contributed by atoms with van der Waals surface area (Å²) in [5.41, 5.74) is 2.85. The van der Waals surface area contributed by atoms with E-state index in [1.54, 1.807) is 0 Å². The SMILES string of the molecule is CNCCN1C(=O)CC[C@H]2CN(Cc3ccc4nonc4c3)CC[C@H]21. The molecular formula is C18H25N5O2. The highest BCUT2D eigenvalue weighted by atomic mass is 16.6. The van der Waals surface area contributed by atoms with E-state index in [1.165, 1.54) is 5.56 Å². The van der Waals surface area contributed by atoms with Gasteiger partial charge in [-0.1, -0.05) is 6.07 Å². The Labute approximate surface area is 147 Å². The normalized spacial score (nSPS) is 24.7. The lowest BCUT2D eigenvalue weighted by Gasteiger charge is -2.47. The van der Waals surface area contributed by atoms with E-state index >= 15 is 0 Å². The van der Waals surface area contributed by atoms with Crippen LogP contribution in [0.2, 0.25) is 0 Å². The van der Waals surface area contributed by atoms with Crippen LogP contribution in [0.5, 0.6) is 0 Å². The quantitative estimate of drug-likeness (QED) is 0.881. The first-order chi connectivity index (χ1) is 12.2. The van der Waals surface area contributed by atoms with Gasteiger partial charge in [0.15, 0.2) is 0 Å². The Bertz CT molecular complexity index is 746. The second-order valence-corrected chi connectivity index (χ2v) is 7.17. The smallest absolute Gasteiger partial charge is 0.222 e. The van der Waals surface area contributed by atoms with Crippen LogP contribution in [0.3, 0.4) is 0 Å². The highest BCUT2D eigenvalue weighted by Gasteiger charge is 2.38. The minimum absolute atomic E-state index is 0.328. The molecule has 2 saturated heterocycles. The van der Waals surface area contributed by atoms with Crippen molar-refractivity contribution in [2.24, 2.45) is 5.92 Å². The first kappa shape index (κ1) is 16.5. The van der Waals surface area contributed by atoms with Crippen LogP contribution in [0.15, 0.2) is 22.8 Å². The Kier molecular flexibility index (Phi) is 4.67. The van der Waals surface area contributed by atoms with Gasteiger partial charge in [0.25, 0.3) is 0 Å². The summed E-state index contributed by atoms with van der Waals surface area (Å²) in [6, 6.07) is 6.53. The minimum Gasteiger partial charge on any atom is -0.338 e. The monoisotopic (exact) mass is 343 g/mol. The number of fused-ring (bicyclic) bond motifs is 2. The van der Waals surface area contributed by atoms with Crippen molar-refractivity contribution in [2.45, 2.75) is 31.8 Å². The van der Waals surface area contributed by atoms with Crippen molar-refractivity contribution >= 4 is 16.9 Å². The molecule has 0 bridgehead atoms. The van der Waals surface area contributed by atoms with E-state index in [2.05, 4.69) is 37.6 Å². The lowest BCUT2D eigenvalue weighted by Crippen LogP contribution is -2.56. The van der Waals surface area contributed by atoms with E-state index in [0.717, 1.165) is 56.6 Å². The van der Waals surface area contributed by atoms with Crippen LogP contribution < -0.4 is 5.32 Å². The van der Waals surface area contributed by atoms with Gasteiger partial charge in [0, 0.05) is 45.2 Å². The fourth-order valence-electron chi connectivity index (χ4n) is 4.28. The molecule has 134 valence electrons. The molecule has 3 heterocycles. The van der Waals surface area contributed by atoms with E-state index in [4.69, 9.17) is 4.63 Å². The fourth-order valence-corrected chi connectivity index (χ4v) is 4.28. The third-order valence-electron chi connectivity index (χ3n) is 5.55. The largest absolute Gasteiger partial charge is 0.338 e. The molecular weight excluding hydrogens is 318 g/mol. The van der Waals surface area contributed by atoms with Crippen LogP contribution in [-0.2, 0) is 11.3 Å². The molecule has 0 unspecified atom stereocenters. The lowest BCUT2D eigenvalue weighted by molar-refractivity contribution is -0.141. The molecule has 1 N–H and O–H groups in total. The molecule has 2 aromatic rings. The number of piperidine rings is 2. The van der Waals surface area contributed by atoms with Crippen LogP contribution in [0.4, 0.5) is 0 Å². The van der Waals surface area contributed by atoms with Crippen LogP contribution in [-0.4, -0.2) is 65.3 Å². The summed E-state index contributed by atoms with van der Waals surface area (Å²) < 4.78 is 4.78. The van der Waals surface area contributed by atoms with E-state index < -0.39 is 0 Å². The topological polar surface area (TPSA) is 74.5 Å². The molecule has 1 aromatic heterocycles. The van der Waals surface area contributed by atoms with Crippen LogP contribution in [0.25, 0.3) is 11.0 Å². The average Bonchev–Trinajstić information content (AvgIpc) is 3.09. The van der Waals surface area contributed by atoms with Crippen molar-refractivity contribution in [3.8, 4) is 0 Å². The van der Waals surface area contributed by atoms with Crippen LogP contribution in [0.1, 0.15) is 24.8 Å². The standard InChI is InChI=1S/C18H25N5O2/c1-19-7-9-23-17-6-8-22(12-14(17)3-5-18(23)24)11-13-2-4-15-16(10-13)21-25-20-15/h2,4,10,14,17,19H,3,5-9,11-12H2,1H3/t14-,17+/m0/s1. The second-order valence-electron chi connectivity index (χ2n) is 7.17. The van der Waals surface area contributed by atoms with E-state index in [1.807, 2.05) is 13.1 Å². The summed E-state index contributed by atoms with van der Waals surface area (Å²) in [7, 11) is 1.94. The van der Waals surface area contributed by atoms with E-state index in [9.17, 15) is 4.79 Å². The van der Waals surface area contributed by atoms with Crippen LogP contribution >= 0.6 is 0 Å². The molecule has 25 heavy (non-hydrogen) atoms. The van der Waals surface area contributed by atoms with Crippen molar-refractivity contribution in [3.05, 3.63) is 23.8 Å². The Balaban J connectivity index is 1.41. The van der Waals surface area contributed by atoms with Gasteiger partial charge in [0.05, 0.1) is 0 Å². The minimum atomic E-state index is 0.328. The van der Waals surface area contributed by atoms with Gasteiger partial charge in [-0.25, -0.2) is 4.63 Å². The molecule has 0 saturated carbocycles. The van der Waals surface area contributed by atoms with Crippen molar-refractivity contribution in [2.75, 3.05) is 33.2 Å². The Hall–Kier alpha value is -1.99. The highest BCUT2D eigenvalue weighted by Crippen LogP contribution is 2.31. The van der Waals surface area contributed by atoms with Gasteiger partial charge in [-0.3, -0.25) is 9.69 Å². The zero-order chi connectivity index (χ0) is 17.2. The Morgan fingerprint density at radius 3 is 3.04 bits per heavy atom. The Morgan fingerprint density at radius 2 is 2.16 bits per heavy atom. The lowest BCUT2D eigenvalue weighted by atomic mass is 9.83. The Morgan fingerprint density at radius 1 is 1.28 bits per heavy atom. The molecule has 2 aliphatic rings. The van der Waals surface area contributed by atoms with Crippen molar-refractivity contribution < 1.29 is 9.42 Å². The molecule has 1 aromatic carbocycles. The predicted molar refractivity (Wildman–Crippen MR) is 93.8 cm³/mol. The maximum atomic E-state index is 12.3. The molecule has 7 nitrogen and oxygen atoms in total. The molecule has 1 amide bonds. The molecule has 2 aliphatic heterocycles. The summed E-state index contributed by atoms with van der Waals surface area (Å²) in [4.78, 5) is 16.9. The van der Waals surface area contributed by atoms with Gasteiger partial charge < -0.3 is 10.2 Å². The number of amides is 1. The number of rotatable bonds is 5. The van der Waals surface area contributed by atoms with E-state index in [0.29, 0.717) is 24.3 Å². The summed E-state index contributed by atoms with van der Waals surface area (Å²) in [6.07, 6.45) is 2.77. The molecule has 0 radical (unpaired) electrons. The number of likely N-dealkylation sites (tertiary alicyclic amines) is 2. The first-order valence-corrected chi connectivity index (χ1v) is 9.12. The molecule has 2 atom stereocenters. The van der Waals surface area contributed by atoms with Crippen LogP contribution in [0, 0.1) is 5.92 Å². The number of benzene rings is 1. The third kappa shape index (κ3) is 3.39. The first-order valence-electron chi connectivity index (χ1n) is 9.12. The fraction of sp³-hybridized carbons (Fsp3) is 0.611. The summed E-state index contributed by atoms with van der Waals surface area (Å²) in [6.45, 7) is 4.69. The van der Waals surface area contributed by atoms with E-state index in [-0.39, 0.29) is 0 Å². The number of nitrogens with zero attached hydrogens (tertiary/aromatic N) is 4. The number of hydrogen-bond acceptors (Lipinski definition) is 6. The number of aromatic nitrogens is 2. The number of carbonyl (C=O) groups excluding carboxylic acids is 1. The summed E-state index contributed by atoms with van der Waals surface area (Å²) >= 11 is 0. The number of hydrogen-bond donors (Lipinski definition) is 1. The van der Waals surface area contributed by atoms with Crippen molar-refractivity contribution in [3.63, 3.8) is 0 Å². The predicted octanol–water partition coefficient (Wildman–Crippen LogP) is 1.26.